The van der Waals surface area contributed by atoms with Crippen molar-refractivity contribution >= 4 is 22.4 Å². The van der Waals surface area contributed by atoms with Crippen molar-refractivity contribution in [2.45, 2.75) is 13.8 Å². The highest BCUT2D eigenvalue weighted by molar-refractivity contribution is 6.03. The average molecular weight is 322 g/mol. The van der Waals surface area contributed by atoms with E-state index in [1.165, 1.54) is 6.26 Å². The molecule has 3 rings (SSSR count). The first-order valence-corrected chi connectivity index (χ1v) is 7.55. The monoisotopic (exact) mass is 322 g/mol. The maximum atomic E-state index is 12.1. The van der Waals surface area contributed by atoms with Gasteiger partial charge in [0.15, 0.2) is 0 Å². The second kappa shape index (κ2) is 6.58. The number of fused-ring (bicyclic) bond motifs is 1. The Hall–Kier alpha value is -3.08. The van der Waals surface area contributed by atoms with Gasteiger partial charge in [0.1, 0.15) is 11.5 Å². The number of amides is 1. The fourth-order valence-corrected chi connectivity index (χ4v) is 2.46. The molecular formula is C19H18N2O3. The number of nitrogens with zero attached hydrogens (tertiary/aromatic N) is 1. The summed E-state index contributed by atoms with van der Waals surface area (Å²) in [5.41, 5.74) is 4.71. The number of hydrazone groups is 1. The summed E-state index contributed by atoms with van der Waals surface area (Å²) < 4.78 is 10.4. The van der Waals surface area contributed by atoms with E-state index < -0.39 is 0 Å². The molecule has 3 aromatic rings. The lowest BCUT2D eigenvalue weighted by Crippen LogP contribution is -2.19. The quantitative estimate of drug-likeness (QED) is 0.585. The van der Waals surface area contributed by atoms with Gasteiger partial charge >= 0.3 is 0 Å². The maximum Gasteiger partial charge on any atom is 0.274 e. The molecule has 2 aromatic carbocycles. The number of methoxy groups -OCH3 is 1. The van der Waals surface area contributed by atoms with Crippen molar-refractivity contribution in [1.29, 1.82) is 0 Å². The molecule has 0 radical (unpaired) electrons. The summed E-state index contributed by atoms with van der Waals surface area (Å²) in [6.07, 6.45) is 1.48. The molecular weight excluding hydrogens is 304 g/mol. The van der Waals surface area contributed by atoms with Crippen molar-refractivity contribution in [1.82, 2.24) is 5.43 Å². The van der Waals surface area contributed by atoms with Gasteiger partial charge in [-0.15, -0.1) is 0 Å². The third-order valence-electron chi connectivity index (χ3n) is 3.89. The van der Waals surface area contributed by atoms with Crippen LogP contribution in [0.25, 0.3) is 10.8 Å². The zero-order chi connectivity index (χ0) is 17.1. The number of carbonyl (C=O) groups is 1. The predicted molar refractivity (Wildman–Crippen MR) is 93.6 cm³/mol. The van der Waals surface area contributed by atoms with Gasteiger partial charge in [-0.2, -0.15) is 5.10 Å². The van der Waals surface area contributed by atoms with Gasteiger partial charge in [-0.1, -0.05) is 18.2 Å². The lowest BCUT2D eigenvalue weighted by atomic mass is 10.0. The molecule has 0 fully saturated rings. The largest absolute Gasteiger partial charge is 0.497 e. The molecule has 0 saturated heterocycles. The van der Waals surface area contributed by atoms with Gasteiger partial charge in [0.25, 0.3) is 5.91 Å². The van der Waals surface area contributed by atoms with E-state index in [1.807, 2.05) is 43.3 Å². The van der Waals surface area contributed by atoms with Crippen LogP contribution in [-0.4, -0.2) is 18.7 Å². The third-order valence-corrected chi connectivity index (χ3v) is 3.89. The van der Waals surface area contributed by atoms with Crippen molar-refractivity contribution in [3.8, 4) is 5.75 Å². The SMILES string of the molecule is COc1ccc2cc(/C(C)=N/NC(=O)c3ccoc3C)ccc2c1. The second-order valence-electron chi connectivity index (χ2n) is 5.46. The van der Waals surface area contributed by atoms with Gasteiger partial charge in [-0.25, -0.2) is 5.43 Å². The van der Waals surface area contributed by atoms with Crippen LogP contribution in [0, 0.1) is 6.92 Å². The molecule has 0 aliphatic heterocycles. The van der Waals surface area contributed by atoms with E-state index in [2.05, 4.69) is 10.5 Å². The molecule has 0 atom stereocenters. The van der Waals surface area contributed by atoms with Crippen LogP contribution in [0.5, 0.6) is 5.75 Å². The molecule has 24 heavy (non-hydrogen) atoms. The van der Waals surface area contributed by atoms with Crippen LogP contribution in [0.15, 0.2) is 58.2 Å². The van der Waals surface area contributed by atoms with Gasteiger partial charge < -0.3 is 9.15 Å². The van der Waals surface area contributed by atoms with E-state index >= 15 is 0 Å². The zero-order valence-electron chi connectivity index (χ0n) is 13.8. The van der Waals surface area contributed by atoms with E-state index in [-0.39, 0.29) is 5.91 Å². The summed E-state index contributed by atoms with van der Waals surface area (Å²) in [6, 6.07) is 13.5. The van der Waals surface area contributed by atoms with E-state index in [0.717, 1.165) is 27.8 Å². The van der Waals surface area contributed by atoms with Crippen LogP contribution in [0.2, 0.25) is 0 Å². The number of carbonyl (C=O) groups excluding carboxylic acids is 1. The molecule has 0 aliphatic rings. The summed E-state index contributed by atoms with van der Waals surface area (Å²) in [6.45, 7) is 3.59. The van der Waals surface area contributed by atoms with Gasteiger partial charge in [0, 0.05) is 0 Å². The number of nitrogens with one attached hydrogen (secondary N) is 1. The smallest absolute Gasteiger partial charge is 0.274 e. The summed E-state index contributed by atoms with van der Waals surface area (Å²) in [5, 5.41) is 6.35. The third kappa shape index (κ3) is 3.15. The highest BCUT2D eigenvalue weighted by Gasteiger charge is 2.10. The van der Waals surface area contributed by atoms with Crippen molar-refractivity contribution < 1.29 is 13.9 Å². The molecule has 1 N–H and O–H groups in total. The molecule has 5 heteroatoms. The number of hydrogen-bond acceptors (Lipinski definition) is 4. The first kappa shape index (κ1) is 15.8. The van der Waals surface area contributed by atoms with Crippen LogP contribution >= 0.6 is 0 Å². The van der Waals surface area contributed by atoms with Crippen molar-refractivity contribution in [2.24, 2.45) is 5.10 Å². The Morgan fingerprint density at radius 1 is 1.12 bits per heavy atom. The van der Waals surface area contributed by atoms with Gasteiger partial charge in [-0.3, -0.25) is 4.79 Å². The minimum atomic E-state index is -0.286. The molecule has 0 saturated carbocycles. The molecule has 1 heterocycles. The highest BCUT2D eigenvalue weighted by Crippen LogP contribution is 2.22. The molecule has 1 aromatic heterocycles. The Morgan fingerprint density at radius 2 is 1.88 bits per heavy atom. The van der Waals surface area contributed by atoms with Gasteiger partial charge in [0.05, 0.1) is 24.6 Å². The number of furan rings is 1. The molecule has 0 unspecified atom stereocenters. The summed E-state index contributed by atoms with van der Waals surface area (Å²) in [4.78, 5) is 12.1. The molecule has 0 aliphatic carbocycles. The first-order chi connectivity index (χ1) is 11.6. The van der Waals surface area contributed by atoms with Crippen molar-refractivity contribution in [3.63, 3.8) is 0 Å². The molecule has 122 valence electrons. The number of rotatable bonds is 4. The lowest BCUT2D eigenvalue weighted by Gasteiger charge is -2.06. The van der Waals surface area contributed by atoms with Crippen LogP contribution < -0.4 is 10.2 Å². The number of hydrogen-bond donors (Lipinski definition) is 1. The fraction of sp³-hybridized carbons (Fsp3) is 0.158. The lowest BCUT2D eigenvalue weighted by molar-refractivity contribution is 0.0953. The normalized spacial score (nSPS) is 11.5. The van der Waals surface area contributed by atoms with E-state index in [1.54, 1.807) is 20.1 Å². The Labute approximate surface area is 139 Å². The molecule has 1 amide bonds. The molecule has 0 spiro atoms. The van der Waals surface area contributed by atoms with Crippen molar-refractivity contribution in [3.05, 3.63) is 65.6 Å². The zero-order valence-corrected chi connectivity index (χ0v) is 13.8. The average Bonchev–Trinajstić information content (AvgIpc) is 3.04. The summed E-state index contributed by atoms with van der Waals surface area (Å²) in [5.74, 6) is 1.11. The van der Waals surface area contributed by atoms with Crippen LogP contribution in [0.4, 0.5) is 0 Å². The summed E-state index contributed by atoms with van der Waals surface area (Å²) in [7, 11) is 1.65. The topological polar surface area (TPSA) is 63.8 Å². The Morgan fingerprint density at radius 3 is 2.58 bits per heavy atom. The standard InChI is InChI=1S/C19H18N2O3/c1-12(20-21-19(22)18-8-9-24-13(18)2)14-4-5-16-11-17(23-3)7-6-15(16)10-14/h4-11H,1-3H3,(H,21,22)/b20-12+. The van der Waals surface area contributed by atoms with Gasteiger partial charge in [-0.05, 0) is 54.4 Å². The van der Waals surface area contributed by atoms with E-state index in [4.69, 9.17) is 9.15 Å². The van der Waals surface area contributed by atoms with Crippen LogP contribution in [0.3, 0.4) is 0 Å². The van der Waals surface area contributed by atoms with Crippen LogP contribution in [0.1, 0.15) is 28.6 Å². The van der Waals surface area contributed by atoms with E-state index in [0.29, 0.717) is 11.3 Å². The van der Waals surface area contributed by atoms with Gasteiger partial charge in [0.2, 0.25) is 0 Å². The van der Waals surface area contributed by atoms with Crippen molar-refractivity contribution in [2.75, 3.05) is 7.11 Å². The molecule has 5 nitrogen and oxygen atoms in total. The minimum absolute atomic E-state index is 0.286. The number of benzene rings is 2. The summed E-state index contributed by atoms with van der Waals surface area (Å²) >= 11 is 0. The molecule has 0 bridgehead atoms. The second-order valence-corrected chi connectivity index (χ2v) is 5.46. The maximum absolute atomic E-state index is 12.1. The van der Waals surface area contributed by atoms with E-state index in [9.17, 15) is 4.79 Å². The number of ether oxygens (including phenoxy) is 1. The Balaban J connectivity index is 1.81. The Bertz CT molecular complexity index is 925. The predicted octanol–water partition coefficient (Wildman–Crippen LogP) is 3.90. The highest BCUT2D eigenvalue weighted by atomic mass is 16.5. The number of aryl methyl sites for hydroxylation is 1. The minimum Gasteiger partial charge on any atom is -0.497 e. The first-order valence-electron chi connectivity index (χ1n) is 7.55. The Kier molecular flexibility index (Phi) is 4.33. The fourth-order valence-electron chi connectivity index (χ4n) is 2.46. The van der Waals surface area contributed by atoms with Crippen LogP contribution in [-0.2, 0) is 0 Å².